The van der Waals surface area contributed by atoms with Gasteiger partial charge < -0.3 is 5.32 Å². The van der Waals surface area contributed by atoms with Crippen LogP contribution in [0.15, 0.2) is 47.0 Å². The van der Waals surface area contributed by atoms with Crippen molar-refractivity contribution in [3.63, 3.8) is 0 Å². The Hall–Kier alpha value is -2.14. The van der Waals surface area contributed by atoms with Crippen molar-refractivity contribution in [2.75, 3.05) is 5.32 Å². The van der Waals surface area contributed by atoms with Gasteiger partial charge in [-0.15, -0.1) is 0 Å². The quantitative estimate of drug-likeness (QED) is 0.395. The molecule has 0 saturated heterocycles. The number of aryl methyl sites for hydroxylation is 1. The van der Waals surface area contributed by atoms with E-state index in [1.165, 1.54) is 0 Å². The number of fused-ring (bicyclic) bond motifs is 3. The minimum absolute atomic E-state index is 0.0453. The van der Waals surface area contributed by atoms with Crippen molar-refractivity contribution in [2.45, 2.75) is 32.2 Å². The lowest BCUT2D eigenvalue weighted by molar-refractivity contribution is -0.384. The number of nitro groups is 1. The Balaban J connectivity index is 1.94. The van der Waals surface area contributed by atoms with Crippen molar-refractivity contribution in [2.24, 2.45) is 5.92 Å². The first-order chi connectivity index (χ1) is 12.0. The lowest BCUT2D eigenvalue weighted by Crippen LogP contribution is -2.30. The summed E-state index contributed by atoms with van der Waals surface area (Å²) in [6, 6.07) is 9.86. The van der Waals surface area contributed by atoms with Gasteiger partial charge in [-0.3, -0.25) is 10.1 Å². The first kappa shape index (κ1) is 16.3. The number of hydrogen-bond acceptors (Lipinski definition) is 3. The van der Waals surface area contributed by atoms with Gasteiger partial charge in [-0.1, -0.05) is 46.3 Å². The average molecular weight is 399 g/mol. The maximum absolute atomic E-state index is 11.7. The lowest BCUT2D eigenvalue weighted by Gasteiger charge is -2.38. The molecular weight excluding hydrogens is 380 g/mol. The van der Waals surface area contributed by atoms with Crippen molar-refractivity contribution in [3.05, 3.63) is 79.3 Å². The van der Waals surface area contributed by atoms with Crippen molar-refractivity contribution in [3.8, 4) is 0 Å². The number of nitrogens with zero attached hydrogens (tertiary/aromatic N) is 1. The van der Waals surface area contributed by atoms with Gasteiger partial charge in [0.25, 0.3) is 5.69 Å². The second-order valence-electron chi connectivity index (χ2n) is 6.88. The molecule has 2 aliphatic rings. The van der Waals surface area contributed by atoms with Gasteiger partial charge in [0.2, 0.25) is 0 Å². The van der Waals surface area contributed by atoms with Crippen LogP contribution in [0.4, 0.5) is 11.4 Å². The van der Waals surface area contributed by atoms with Crippen LogP contribution in [-0.2, 0) is 0 Å². The summed E-state index contributed by atoms with van der Waals surface area (Å²) in [5.41, 5.74) is 5.23. The first-order valence-corrected chi connectivity index (χ1v) is 9.24. The Kier molecular flexibility index (Phi) is 3.91. The molecule has 0 unspecified atom stereocenters. The van der Waals surface area contributed by atoms with E-state index in [4.69, 9.17) is 0 Å². The molecule has 1 aliphatic carbocycles. The third-order valence-corrected chi connectivity index (χ3v) is 6.31. The Morgan fingerprint density at radius 3 is 2.76 bits per heavy atom. The zero-order chi connectivity index (χ0) is 17.7. The molecule has 0 spiro atoms. The molecule has 25 heavy (non-hydrogen) atoms. The fraction of sp³-hybridized carbons (Fsp3) is 0.300. The zero-order valence-electron chi connectivity index (χ0n) is 14.1. The van der Waals surface area contributed by atoms with Gasteiger partial charge in [-0.2, -0.15) is 0 Å². The molecule has 0 fully saturated rings. The first-order valence-electron chi connectivity index (χ1n) is 8.45. The highest BCUT2D eigenvalue weighted by molar-refractivity contribution is 9.10. The smallest absolute Gasteiger partial charge is 0.292 e. The van der Waals surface area contributed by atoms with Crippen LogP contribution in [0.5, 0.6) is 0 Å². The van der Waals surface area contributed by atoms with E-state index in [2.05, 4.69) is 46.4 Å². The molecule has 1 heterocycles. The summed E-state index contributed by atoms with van der Waals surface area (Å²) in [5.74, 6) is 0.582. The highest BCUT2D eigenvalue weighted by atomic mass is 79.9. The predicted octanol–water partition coefficient (Wildman–Crippen LogP) is 5.80. The number of nitro benzene ring substituents is 1. The van der Waals surface area contributed by atoms with E-state index < -0.39 is 0 Å². The summed E-state index contributed by atoms with van der Waals surface area (Å²) in [6.07, 6.45) is 5.41. The maximum atomic E-state index is 11.7. The second-order valence-corrected chi connectivity index (χ2v) is 7.73. The van der Waals surface area contributed by atoms with Crippen molar-refractivity contribution >= 4 is 27.3 Å². The van der Waals surface area contributed by atoms with Gasteiger partial charge in [-0.25, -0.2) is 0 Å². The SMILES string of the molecule is Cc1cc([N+](=O)[O-])c2c(c1C)[C@@H]1C=CC[C@H]1[C@H](c1ccccc1Br)N2. The Labute approximate surface area is 155 Å². The normalized spacial score (nSPS) is 23.7. The van der Waals surface area contributed by atoms with E-state index in [0.29, 0.717) is 11.6 Å². The number of benzene rings is 2. The fourth-order valence-corrected chi connectivity index (χ4v) is 4.79. The fourth-order valence-electron chi connectivity index (χ4n) is 4.26. The van der Waals surface area contributed by atoms with Gasteiger partial charge in [0.05, 0.1) is 11.0 Å². The third kappa shape index (κ3) is 2.49. The maximum Gasteiger partial charge on any atom is 0.292 e. The molecule has 0 bridgehead atoms. The summed E-state index contributed by atoms with van der Waals surface area (Å²) in [5, 5.41) is 15.2. The van der Waals surface area contributed by atoms with Gasteiger partial charge in [0.15, 0.2) is 0 Å². The number of anilines is 1. The molecule has 0 saturated carbocycles. The number of rotatable bonds is 2. The Morgan fingerprint density at radius 1 is 1.28 bits per heavy atom. The highest BCUT2D eigenvalue weighted by Gasteiger charge is 2.42. The molecule has 5 heteroatoms. The molecule has 0 radical (unpaired) electrons. The largest absolute Gasteiger partial charge is 0.372 e. The van der Waals surface area contributed by atoms with Crippen LogP contribution in [-0.4, -0.2) is 4.92 Å². The van der Waals surface area contributed by atoms with E-state index in [9.17, 15) is 10.1 Å². The van der Waals surface area contributed by atoms with Crippen LogP contribution in [0.25, 0.3) is 0 Å². The topological polar surface area (TPSA) is 55.2 Å². The van der Waals surface area contributed by atoms with E-state index in [1.807, 2.05) is 25.1 Å². The number of allylic oxidation sites excluding steroid dienone is 2. The molecule has 3 atom stereocenters. The van der Waals surface area contributed by atoms with Gasteiger partial charge in [0.1, 0.15) is 5.69 Å². The summed E-state index contributed by atoms with van der Waals surface area (Å²) >= 11 is 3.65. The Bertz CT molecular complexity index is 907. The molecule has 4 nitrogen and oxygen atoms in total. The Morgan fingerprint density at radius 2 is 2.04 bits per heavy atom. The van der Waals surface area contributed by atoms with E-state index in [-0.39, 0.29) is 22.6 Å². The second kappa shape index (κ2) is 5.99. The lowest BCUT2D eigenvalue weighted by atomic mass is 9.74. The minimum atomic E-state index is -0.269. The van der Waals surface area contributed by atoms with Crippen LogP contribution >= 0.6 is 15.9 Å². The molecule has 2 aromatic carbocycles. The van der Waals surface area contributed by atoms with E-state index in [1.54, 1.807) is 6.07 Å². The molecule has 1 N–H and O–H groups in total. The standard InChI is InChI=1S/C20H19BrN2O2/c1-11-10-17(23(24)25)20-18(12(11)2)13-7-5-8-14(13)19(22-20)15-6-3-4-9-16(15)21/h3-7,9-10,13-14,19,22H,8H2,1-2H3/t13-,14-,19-/m1/s1. The van der Waals surface area contributed by atoms with Crippen LogP contribution in [0.3, 0.4) is 0 Å². The summed E-state index contributed by atoms with van der Waals surface area (Å²) in [7, 11) is 0. The van der Waals surface area contributed by atoms with Gasteiger partial charge >= 0.3 is 0 Å². The molecule has 128 valence electrons. The van der Waals surface area contributed by atoms with Gasteiger partial charge in [-0.05, 0) is 54.5 Å². The van der Waals surface area contributed by atoms with Gasteiger partial charge in [0, 0.05) is 16.5 Å². The molecular formula is C20H19BrN2O2. The monoisotopic (exact) mass is 398 g/mol. The summed E-state index contributed by atoms with van der Waals surface area (Å²) in [6.45, 7) is 4.03. The van der Waals surface area contributed by atoms with Crippen LogP contribution in [0, 0.1) is 29.9 Å². The molecule has 2 aromatic rings. The molecule has 0 amide bonds. The van der Waals surface area contributed by atoms with Crippen LogP contribution < -0.4 is 5.32 Å². The summed E-state index contributed by atoms with van der Waals surface area (Å²) in [4.78, 5) is 11.4. The summed E-state index contributed by atoms with van der Waals surface area (Å²) < 4.78 is 1.04. The molecule has 4 rings (SSSR count). The number of halogens is 1. The van der Waals surface area contributed by atoms with E-state index in [0.717, 1.165) is 33.1 Å². The predicted molar refractivity (Wildman–Crippen MR) is 103 cm³/mol. The van der Waals surface area contributed by atoms with Crippen molar-refractivity contribution in [1.82, 2.24) is 0 Å². The average Bonchev–Trinajstić information content (AvgIpc) is 3.07. The van der Waals surface area contributed by atoms with Crippen LogP contribution in [0.2, 0.25) is 0 Å². The molecule has 0 aromatic heterocycles. The highest BCUT2D eigenvalue weighted by Crippen LogP contribution is 2.54. The molecule has 1 aliphatic heterocycles. The number of hydrogen-bond donors (Lipinski definition) is 1. The zero-order valence-corrected chi connectivity index (χ0v) is 15.7. The minimum Gasteiger partial charge on any atom is -0.372 e. The van der Waals surface area contributed by atoms with Crippen molar-refractivity contribution < 1.29 is 4.92 Å². The number of nitrogens with one attached hydrogen (secondary N) is 1. The van der Waals surface area contributed by atoms with Crippen molar-refractivity contribution in [1.29, 1.82) is 0 Å². The van der Waals surface area contributed by atoms with E-state index >= 15 is 0 Å². The third-order valence-electron chi connectivity index (χ3n) is 5.59. The van der Waals surface area contributed by atoms with Crippen LogP contribution in [0.1, 0.15) is 40.6 Å².